The number of fused-ring (bicyclic) bond motifs is 3. The van der Waals surface area contributed by atoms with Crippen LogP contribution in [0.25, 0.3) is 6.20 Å². The van der Waals surface area contributed by atoms with Crippen LogP contribution in [-0.4, -0.2) is 11.2 Å². The molecule has 0 saturated carbocycles. The quantitative estimate of drug-likeness (QED) is 0.518. The molecule has 0 fully saturated rings. The van der Waals surface area contributed by atoms with Crippen LogP contribution in [0.1, 0.15) is 5.56 Å². The second-order valence-corrected chi connectivity index (χ2v) is 2.48. The molecule has 2 aliphatic heterocycles. The van der Waals surface area contributed by atoms with E-state index in [-0.39, 0.29) is 0 Å². The zero-order valence-electron chi connectivity index (χ0n) is 5.97. The van der Waals surface area contributed by atoms with E-state index in [0.717, 1.165) is 22.0 Å². The number of aromatic nitrogens is 1. The van der Waals surface area contributed by atoms with Gasteiger partial charge in [0.05, 0.1) is 24.2 Å². The van der Waals surface area contributed by atoms with E-state index in [1.807, 2.05) is 0 Å². The SMILES string of the molecule is C1=NN=c2cnc3c(c21)N=NC=3. The zero-order chi connectivity index (χ0) is 7.97. The van der Waals surface area contributed by atoms with E-state index in [2.05, 4.69) is 25.4 Å². The van der Waals surface area contributed by atoms with Gasteiger partial charge >= 0.3 is 0 Å². The first-order valence-corrected chi connectivity index (χ1v) is 3.46. The average molecular weight is 157 g/mol. The Morgan fingerprint density at radius 1 is 1.25 bits per heavy atom. The maximum Gasteiger partial charge on any atom is 0.124 e. The lowest BCUT2D eigenvalue weighted by Gasteiger charge is -1.90. The van der Waals surface area contributed by atoms with Gasteiger partial charge in [-0.15, -0.1) is 10.2 Å². The molecule has 0 N–H and O–H groups in total. The molecule has 12 heavy (non-hydrogen) atoms. The average Bonchev–Trinajstić information content (AvgIpc) is 2.71. The van der Waals surface area contributed by atoms with Gasteiger partial charge in [0.2, 0.25) is 0 Å². The van der Waals surface area contributed by atoms with E-state index in [1.54, 1.807) is 18.6 Å². The van der Waals surface area contributed by atoms with Gasteiger partial charge in [0, 0.05) is 0 Å². The number of azo groups is 1. The zero-order valence-corrected chi connectivity index (χ0v) is 5.97. The molecule has 3 rings (SSSR count). The minimum atomic E-state index is 0.767. The van der Waals surface area contributed by atoms with Crippen molar-refractivity contribution in [3.05, 3.63) is 22.5 Å². The Labute approximate surface area is 66.9 Å². The van der Waals surface area contributed by atoms with Crippen molar-refractivity contribution in [2.75, 3.05) is 0 Å². The topological polar surface area (TPSA) is 62.3 Å². The number of rotatable bonds is 0. The number of nitrogens with zero attached hydrogens (tertiary/aromatic N) is 5. The summed E-state index contributed by atoms with van der Waals surface area (Å²) >= 11 is 0. The van der Waals surface area contributed by atoms with E-state index < -0.39 is 0 Å². The van der Waals surface area contributed by atoms with Crippen LogP contribution in [0.15, 0.2) is 26.6 Å². The maximum atomic E-state index is 4.11. The van der Waals surface area contributed by atoms with Crippen LogP contribution in [0.3, 0.4) is 0 Å². The molecule has 3 heterocycles. The molecule has 0 radical (unpaired) electrons. The summed E-state index contributed by atoms with van der Waals surface area (Å²) < 4.78 is 0. The van der Waals surface area contributed by atoms with Crippen molar-refractivity contribution in [3.8, 4) is 0 Å². The lowest BCUT2D eigenvalue weighted by Crippen LogP contribution is -2.15. The van der Waals surface area contributed by atoms with Crippen LogP contribution in [0, 0.1) is 0 Å². The normalized spacial score (nSPS) is 15.3. The minimum absolute atomic E-state index is 0.767. The molecule has 0 bridgehead atoms. The number of hydrogen-bond acceptors (Lipinski definition) is 5. The highest BCUT2D eigenvalue weighted by atomic mass is 15.2. The molecular weight excluding hydrogens is 154 g/mol. The van der Waals surface area contributed by atoms with Crippen molar-refractivity contribution in [3.63, 3.8) is 0 Å². The largest absolute Gasteiger partial charge is 0.250 e. The molecule has 0 unspecified atom stereocenters. The highest BCUT2D eigenvalue weighted by Gasteiger charge is 2.11. The lowest BCUT2D eigenvalue weighted by atomic mass is 10.2. The van der Waals surface area contributed by atoms with E-state index in [4.69, 9.17) is 0 Å². The summed E-state index contributed by atoms with van der Waals surface area (Å²) in [6, 6.07) is 0. The molecule has 56 valence electrons. The monoisotopic (exact) mass is 157 g/mol. The summed E-state index contributed by atoms with van der Waals surface area (Å²) in [5.41, 5.74) is 1.69. The molecule has 2 aliphatic rings. The molecule has 0 aliphatic carbocycles. The standard InChI is InChI=1S/C7H3N5/c1-4-5(11-9-1)2-8-6-3-10-12-7(4)6/h1-3H. The van der Waals surface area contributed by atoms with Gasteiger partial charge in [0.1, 0.15) is 16.4 Å². The second-order valence-electron chi connectivity index (χ2n) is 2.48. The van der Waals surface area contributed by atoms with Crippen LogP contribution >= 0.6 is 0 Å². The van der Waals surface area contributed by atoms with E-state index in [1.165, 1.54) is 0 Å². The molecule has 5 nitrogen and oxygen atoms in total. The van der Waals surface area contributed by atoms with Crippen LogP contribution in [0.5, 0.6) is 0 Å². The number of hydrogen-bond donors (Lipinski definition) is 0. The maximum absolute atomic E-state index is 4.11. The smallest absolute Gasteiger partial charge is 0.124 e. The fourth-order valence-corrected chi connectivity index (χ4v) is 1.22. The van der Waals surface area contributed by atoms with Crippen molar-refractivity contribution in [1.29, 1.82) is 0 Å². The molecular formula is C7H3N5. The highest BCUT2D eigenvalue weighted by molar-refractivity contribution is 5.87. The predicted octanol–water partition coefficient (Wildman–Crippen LogP) is -0.116. The molecule has 0 saturated heterocycles. The Kier molecular flexibility index (Phi) is 0.864. The predicted molar refractivity (Wildman–Crippen MR) is 41.6 cm³/mol. The van der Waals surface area contributed by atoms with Gasteiger partial charge in [0.15, 0.2) is 0 Å². The first-order chi connectivity index (χ1) is 5.95. The van der Waals surface area contributed by atoms with Crippen molar-refractivity contribution >= 4 is 18.1 Å². The summed E-state index contributed by atoms with van der Waals surface area (Å²) in [6.07, 6.45) is 4.98. The molecule has 1 aromatic rings. The number of pyridine rings is 1. The molecule has 0 aromatic carbocycles. The Morgan fingerprint density at radius 3 is 3.25 bits per heavy atom. The van der Waals surface area contributed by atoms with Gasteiger partial charge < -0.3 is 0 Å². The first-order valence-electron chi connectivity index (χ1n) is 3.46. The van der Waals surface area contributed by atoms with Gasteiger partial charge in [0.25, 0.3) is 0 Å². The van der Waals surface area contributed by atoms with Gasteiger partial charge in [-0.05, 0) is 0 Å². The van der Waals surface area contributed by atoms with Crippen molar-refractivity contribution in [1.82, 2.24) is 4.98 Å². The van der Waals surface area contributed by atoms with E-state index in [9.17, 15) is 0 Å². The van der Waals surface area contributed by atoms with Crippen LogP contribution < -0.4 is 10.7 Å². The highest BCUT2D eigenvalue weighted by Crippen LogP contribution is 2.13. The second kappa shape index (κ2) is 1.82. The summed E-state index contributed by atoms with van der Waals surface area (Å²) in [5, 5.41) is 16.9. The van der Waals surface area contributed by atoms with Gasteiger partial charge in [-0.3, -0.25) is 4.98 Å². The van der Waals surface area contributed by atoms with Gasteiger partial charge in [-0.25, -0.2) is 0 Å². The van der Waals surface area contributed by atoms with Crippen LogP contribution in [0.2, 0.25) is 0 Å². The molecule has 0 amide bonds. The van der Waals surface area contributed by atoms with Crippen LogP contribution in [0.4, 0.5) is 5.69 Å². The molecule has 5 heteroatoms. The summed E-state index contributed by atoms with van der Waals surface area (Å²) in [6.45, 7) is 0. The Balaban J connectivity index is 2.57. The molecule has 0 atom stereocenters. The van der Waals surface area contributed by atoms with E-state index in [0.29, 0.717) is 0 Å². The summed E-state index contributed by atoms with van der Waals surface area (Å²) in [5.74, 6) is 0. The van der Waals surface area contributed by atoms with Crippen molar-refractivity contribution in [2.24, 2.45) is 20.4 Å². The Morgan fingerprint density at radius 2 is 2.25 bits per heavy atom. The van der Waals surface area contributed by atoms with Gasteiger partial charge in [-0.2, -0.15) is 10.2 Å². The van der Waals surface area contributed by atoms with Crippen molar-refractivity contribution < 1.29 is 0 Å². The third-order valence-electron chi connectivity index (χ3n) is 1.79. The fraction of sp³-hybridized carbons (Fsp3) is 0. The Hall–Kier alpha value is -1.91. The lowest BCUT2D eigenvalue weighted by molar-refractivity contribution is 1.13. The van der Waals surface area contributed by atoms with Gasteiger partial charge in [-0.1, -0.05) is 0 Å². The summed E-state index contributed by atoms with van der Waals surface area (Å²) in [7, 11) is 0. The molecule has 0 spiro atoms. The molecule has 1 aromatic heterocycles. The summed E-state index contributed by atoms with van der Waals surface area (Å²) in [4.78, 5) is 4.11. The Bertz CT molecular complexity index is 476. The first kappa shape index (κ1) is 5.70. The van der Waals surface area contributed by atoms with Crippen molar-refractivity contribution in [2.45, 2.75) is 0 Å². The minimum Gasteiger partial charge on any atom is -0.250 e. The van der Waals surface area contributed by atoms with E-state index >= 15 is 0 Å². The third-order valence-corrected chi connectivity index (χ3v) is 1.79. The fourth-order valence-electron chi connectivity index (χ4n) is 1.22. The van der Waals surface area contributed by atoms with Crippen LogP contribution in [-0.2, 0) is 0 Å². The third kappa shape index (κ3) is 0.554.